The highest BCUT2D eigenvalue weighted by atomic mass is 32.3. The molecule has 0 saturated carbocycles. The average molecular weight is 292 g/mol. The van der Waals surface area contributed by atoms with E-state index < -0.39 is 87.5 Å². The molecule has 0 atom stereocenters. The van der Waals surface area contributed by atoms with Crippen LogP contribution in [-0.4, -0.2) is 19.5 Å². The molecule has 0 heterocycles. The summed E-state index contributed by atoms with van der Waals surface area (Å²) in [5.41, 5.74) is 0. The molecule has 17 heavy (non-hydrogen) atoms. The Morgan fingerprint density at radius 2 is 1.47 bits per heavy atom. The maximum atomic E-state index is 10.9. The quantitative estimate of drug-likeness (QED) is 0.557. The smallest absolute Gasteiger partial charge is 0.264 e. The summed E-state index contributed by atoms with van der Waals surface area (Å²) in [7, 11) is -5.96. The minimum atomic E-state index is -5.96. The SMILES string of the molecule is [2H]C([2H])([2H])C([2H])([2H])C([2H])([2H])C([2H])([2H])C([2H])([2H])C([2H])([2H])C([2H])([2H])C([2H])([2H])C([2H])([2H])C([2H])([2H])C([2H])([2H])C([2H])([2H])OS(=O)(=O)O. The van der Waals surface area contributed by atoms with Gasteiger partial charge >= 0.3 is 10.4 Å². The molecule has 1 N–H and O–H groups in total. The van der Waals surface area contributed by atoms with E-state index >= 15 is 0 Å². The van der Waals surface area contributed by atoms with Crippen molar-refractivity contribution in [1.29, 1.82) is 0 Å². The molecule has 0 bridgehead atoms. The van der Waals surface area contributed by atoms with Crippen LogP contribution in [0.5, 0.6) is 0 Å². The van der Waals surface area contributed by atoms with E-state index in [9.17, 15) is 8.42 Å². The van der Waals surface area contributed by atoms with Gasteiger partial charge in [-0.3, -0.25) is 4.55 Å². The summed E-state index contributed by atoms with van der Waals surface area (Å²) >= 11 is 0. The summed E-state index contributed by atoms with van der Waals surface area (Å²) in [4.78, 5) is 0. The molecule has 0 radical (unpaired) electrons. The van der Waals surface area contributed by atoms with E-state index in [1.165, 1.54) is 0 Å². The van der Waals surface area contributed by atoms with Gasteiger partial charge in [-0.15, -0.1) is 0 Å². The van der Waals surface area contributed by atoms with Gasteiger partial charge in [0, 0.05) is 31.5 Å². The zero-order valence-corrected chi connectivity index (χ0v) is 8.90. The van der Waals surface area contributed by atoms with Crippen LogP contribution in [0.25, 0.3) is 0 Å². The van der Waals surface area contributed by atoms with Crippen LogP contribution in [0.1, 0.15) is 105 Å². The maximum Gasteiger partial charge on any atom is 0.397 e. The summed E-state index contributed by atoms with van der Waals surface area (Å²) in [5.74, 6) is 0. The van der Waals surface area contributed by atoms with Gasteiger partial charge in [0.1, 0.15) is 0 Å². The van der Waals surface area contributed by atoms with E-state index in [0.29, 0.717) is 0 Å². The molecular formula is C12H26O4S. The first-order chi connectivity index (χ1) is 17.5. The molecule has 0 aromatic rings. The van der Waals surface area contributed by atoms with E-state index in [1.54, 1.807) is 0 Å². The minimum Gasteiger partial charge on any atom is -0.264 e. The molecule has 0 saturated heterocycles. The first-order valence-electron chi connectivity index (χ1n) is 16.1. The van der Waals surface area contributed by atoms with Gasteiger partial charge in [-0.25, -0.2) is 4.18 Å². The van der Waals surface area contributed by atoms with Gasteiger partial charge in [0.2, 0.25) is 0 Å². The van der Waals surface area contributed by atoms with Gasteiger partial charge in [0.25, 0.3) is 0 Å². The molecule has 0 rings (SSSR count). The van der Waals surface area contributed by atoms with Crippen molar-refractivity contribution in [2.24, 2.45) is 0 Å². The molecule has 4 nitrogen and oxygen atoms in total. The van der Waals surface area contributed by atoms with Gasteiger partial charge in [-0.05, 0) is 6.37 Å². The average Bonchev–Trinajstić information content (AvgIpc) is 2.69. The Bertz CT molecular complexity index is 1120. The van der Waals surface area contributed by atoms with Crippen molar-refractivity contribution in [3.05, 3.63) is 0 Å². The number of hydrogen-bond acceptors (Lipinski definition) is 3. The van der Waals surface area contributed by atoms with Crippen LogP contribution in [0.3, 0.4) is 0 Å². The lowest BCUT2D eigenvalue weighted by atomic mass is 10.1. The Morgan fingerprint density at radius 3 is 1.94 bits per heavy atom. The molecule has 0 aliphatic rings. The van der Waals surface area contributed by atoms with Crippen LogP contribution in [0.2, 0.25) is 0 Å². The standard InChI is InChI=1S/C12H26O4S/c1-2-3-4-5-6-7-8-9-10-11-12-16-17(13,14)15/h2-12H2,1H3,(H,13,14,15)/i1D3,2D2,3D2,4D2,5D2,6D2,7D2,8D2,9D2,10D2,11D2,12D2. The minimum absolute atomic E-state index is 3.39. The molecule has 0 amide bonds. The van der Waals surface area contributed by atoms with Gasteiger partial charge in [-0.1, -0.05) is 64.2 Å². The van der Waals surface area contributed by atoms with E-state index in [-0.39, 0.29) is 0 Å². The lowest BCUT2D eigenvalue weighted by molar-refractivity contribution is 0.261. The Morgan fingerprint density at radius 1 is 1.00 bits per heavy atom. The van der Waals surface area contributed by atoms with Crippen LogP contribution in [0, 0.1) is 0 Å². The highest BCUT2D eigenvalue weighted by Gasteiger charge is 2.02. The molecule has 104 valence electrons. The van der Waals surface area contributed by atoms with Crippen molar-refractivity contribution in [2.45, 2.75) is 70.6 Å². The Hall–Kier alpha value is -0.130. The van der Waals surface area contributed by atoms with Gasteiger partial charge in [-0.2, -0.15) is 8.42 Å². The van der Waals surface area contributed by atoms with Crippen molar-refractivity contribution in [3.8, 4) is 0 Å². The predicted molar refractivity (Wildman–Crippen MR) is 69.3 cm³/mol. The first kappa shape index (κ1) is 2.54. The third kappa shape index (κ3) is 15.9. The summed E-state index contributed by atoms with van der Waals surface area (Å²) < 4.78 is 227. The highest BCUT2D eigenvalue weighted by molar-refractivity contribution is 7.80. The fourth-order valence-electron chi connectivity index (χ4n) is 0.349. The molecule has 0 unspecified atom stereocenters. The van der Waals surface area contributed by atoms with E-state index in [0.717, 1.165) is 0 Å². The second-order valence-corrected chi connectivity index (χ2v) is 2.89. The number of rotatable bonds is 12. The van der Waals surface area contributed by atoms with Crippen LogP contribution in [0.15, 0.2) is 0 Å². The molecule has 0 aliphatic carbocycles. The topological polar surface area (TPSA) is 63.6 Å². The van der Waals surface area contributed by atoms with E-state index in [2.05, 4.69) is 4.18 Å². The lowest BCUT2D eigenvalue weighted by Gasteiger charge is -2.02. The second kappa shape index (κ2) is 11.0. The fraction of sp³-hybridized carbons (Fsp3) is 1.00. The summed E-state index contributed by atoms with van der Waals surface area (Å²) in [6.07, 6.45) is -47.9. The van der Waals surface area contributed by atoms with Gasteiger partial charge in [0.05, 0.1) is 9.30 Å². The Kier molecular flexibility index (Phi) is 1.64. The molecule has 0 spiro atoms. The van der Waals surface area contributed by atoms with Crippen molar-refractivity contribution in [2.75, 3.05) is 6.56 Å². The Labute approximate surface area is 141 Å². The molecule has 0 aliphatic heterocycles. The van der Waals surface area contributed by atoms with Crippen molar-refractivity contribution >= 4 is 10.4 Å². The second-order valence-electron chi connectivity index (χ2n) is 1.86. The molecule has 5 heteroatoms. The largest absolute Gasteiger partial charge is 0.397 e. The zero-order chi connectivity index (χ0) is 35.2. The van der Waals surface area contributed by atoms with E-state index in [4.69, 9.17) is 38.8 Å². The summed E-state index contributed by atoms with van der Waals surface area (Å²) in [5, 5.41) is 0. The molecular weight excluding hydrogens is 240 g/mol. The summed E-state index contributed by atoms with van der Waals surface area (Å²) in [6, 6.07) is 0. The monoisotopic (exact) mass is 291 g/mol. The van der Waals surface area contributed by atoms with Crippen LogP contribution >= 0.6 is 0 Å². The van der Waals surface area contributed by atoms with Crippen molar-refractivity contribution < 1.29 is 51.4 Å². The van der Waals surface area contributed by atoms with E-state index in [1.807, 2.05) is 0 Å². The van der Waals surface area contributed by atoms with Crippen molar-refractivity contribution in [1.82, 2.24) is 0 Å². The van der Waals surface area contributed by atoms with Gasteiger partial charge in [0.15, 0.2) is 0 Å². The normalized spacial score (nSPS) is 43.7. The third-order valence-corrected chi connectivity index (χ3v) is 1.05. The Balaban J connectivity index is 7.38. The lowest BCUT2D eigenvalue weighted by Crippen LogP contribution is -2.04. The maximum absolute atomic E-state index is 10.9. The molecule has 0 fully saturated rings. The predicted octanol–water partition coefficient (Wildman–Crippen LogP) is 3.73. The van der Waals surface area contributed by atoms with Crippen LogP contribution in [0.4, 0.5) is 0 Å². The molecule has 0 aromatic heterocycles. The highest BCUT2D eigenvalue weighted by Crippen LogP contribution is 2.10. The fourth-order valence-corrected chi connectivity index (χ4v) is 0.496. The zero-order valence-electron chi connectivity index (χ0n) is 33.1. The van der Waals surface area contributed by atoms with Crippen molar-refractivity contribution in [3.63, 3.8) is 0 Å². The van der Waals surface area contributed by atoms with Crippen LogP contribution in [-0.2, 0) is 14.6 Å². The molecule has 0 aromatic carbocycles. The van der Waals surface area contributed by atoms with Gasteiger partial charge < -0.3 is 0 Å². The number of hydrogen-bond donors (Lipinski definition) is 1. The third-order valence-electron chi connectivity index (χ3n) is 0.761. The summed E-state index contributed by atoms with van der Waals surface area (Å²) in [6.45, 7) is -8.65. The first-order valence-corrected chi connectivity index (χ1v) is 5.00. The van der Waals surface area contributed by atoms with Crippen LogP contribution < -0.4 is 0 Å².